The van der Waals surface area contributed by atoms with Crippen LogP contribution in [0.1, 0.15) is 39.0 Å². The van der Waals surface area contributed by atoms with Gasteiger partial charge in [0.1, 0.15) is 11.5 Å². The average Bonchev–Trinajstić information content (AvgIpc) is 3.35. The maximum Gasteiger partial charge on any atom is 0.243 e. The molecule has 10 nitrogen and oxygen atoms in total. The number of hydrogen-bond donors (Lipinski definition) is 0. The Morgan fingerprint density at radius 1 is 1.23 bits per heavy atom. The van der Waals surface area contributed by atoms with E-state index in [1.54, 1.807) is 23.1 Å². The summed E-state index contributed by atoms with van der Waals surface area (Å²) in [6.45, 7) is 3.42. The minimum Gasteiger partial charge on any atom is -0.497 e. The van der Waals surface area contributed by atoms with Gasteiger partial charge in [-0.05, 0) is 42.7 Å². The number of likely N-dealkylation sites (tertiary alicyclic amines) is 1. The quantitative estimate of drug-likeness (QED) is 0.409. The molecule has 1 spiro atoms. The van der Waals surface area contributed by atoms with Crippen molar-refractivity contribution in [3.8, 4) is 5.75 Å². The molecule has 1 saturated carbocycles. The van der Waals surface area contributed by atoms with E-state index in [-0.39, 0.29) is 47.3 Å². The highest BCUT2D eigenvalue weighted by Crippen LogP contribution is 2.43. The van der Waals surface area contributed by atoms with Gasteiger partial charge in [-0.1, -0.05) is 13.0 Å². The number of nitro groups is 1. The van der Waals surface area contributed by atoms with Crippen LogP contribution in [-0.2, 0) is 19.6 Å². The van der Waals surface area contributed by atoms with E-state index >= 15 is 0 Å². The SMILES string of the molecule is COc1cccc(S(=O)(=O)N2CCC3(CCN(C(=O)CC4C(=O)CC(C)C4C[N+](=O)[O-])C3)CC2)c1. The lowest BCUT2D eigenvalue weighted by molar-refractivity contribution is -0.490. The molecule has 3 aliphatic rings. The number of ether oxygens (including phenoxy) is 1. The van der Waals surface area contributed by atoms with Crippen LogP contribution in [0.3, 0.4) is 0 Å². The second kappa shape index (κ2) is 9.85. The Morgan fingerprint density at radius 3 is 2.57 bits per heavy atom. The van der Waals surface area contributed by atoms with Crippen LogP contribution in [0.25, 0.3) is 0 Å². The molecule has 4 rings (SSSR count). The normalized spacial score (nSPS) is 26.9. The summed E-state index contributed by atoms with van der Waals surface area (Å²) < 4.78 is 32.9. The lowest BCUT2D eigenvalue weighted by atomic mass is 9.78. The van der Waals surface area contributed by atoms with Crippen molar-refractivity contribution >= 4 is 21.7 Å². The number of sulfonamides is 1. The van der Waals surface area contributed by atoms with E-state index in [1.807, 2.05) is 6.92 Å². The molecule has 1 aromatic carbocycles. The Morgan fingerprint density at radius 2 is 1.91 bits per heavy atom. The van der Waals surface area contributed by atoms with Gasteiger partial charge < -0.3 is 9.64 Å². The van der Waals surface area contributed by atoms with Crippen molar-refractivity contribution in [2.75, 3.05) is 39.8 Å². The van der Waals surface area contributed by atoms with E-state index in [4.69, 9.17) is 4.74 Å². The summed E-state index contributed by atoms with van der Waals surface area (Å²) >= 11 is 0. The smallest absolute Gasteiger partial charge is 0.243 e. The third kappa shape index (κ3) is 5.20. The molecule has 0 N–H and O–H groups in total. The van der Waals surface area contributed by atoms with Gasteiger partial charge in [0.15, 0.2) is 0 Å². The maximum absolute atomic E-state index is 13.1. The lowest BCUT2D eigenvalue weighted by Crippen LogP contribution is -2.44. The number of carbonyl (C=O) groups excluding carboxylic acids is 2. The number of rotatable bonds is 7. The van der Waals surface area contributed by atoms with Crippen LogP contribution in [0.5, 0.6) is 5.75 Å². The second-order valence-electron chi connectivity index (χ2n) is 10.3. The van der Waals surface area contributed by atoms with Crippen LogP contribution in [0, 0.1) is 33.3 Å². The van der Waals surface area contributed by atoms with Crippen molar-refractivity contribution in [1.29, 1.82) is 0 Å². The zero-order valence-electron chi connectivity index (χ0n) is 20.2. The molecule has 0 bridgehead atoms. The Bertz CT molecular complexity index is 1100. The largest absolute Gasteiger partial charge is 0.497 e. The van der Waals surface area contributed by atoms with Crippen LogP contribution in [0.4, 0.5) is 0 Å². The highest BCUT2D eigenvalue weighted by atomic mass is 32.2. The Hall–Kier alpha value is -2.53. The highest BCUT2D eigenvalue weighted by Gasteiger charge is 2.47. The molecule has 11 heteroatoms. The molecule has 192 valence electrons. The molecule has 3 atom stereocenters. The predicted molar refractivity (Wildman–Crippen MR) is 127 cm³/mol. The number of carbonyl (C=O) groups is 2. The number of hydrogen-bond acceptors (Lipinski definition) is 7. The third-order valence-corrected chi connectivity index (χ3v) is 10.1. The Labute approximate surface area is 205 Å². The zero-order chi connectivity index (χ0) is 25.4. The van der Waals surface area contributed by atoms with Crippen LogP contribution >= 0.6 is 0 Å². The molecular formula is C24H33N3O7S. The number of amides is 1. The first-order valence-corrected chi connectivity index (χ1v) is 13.6. The number of ketones is 1. The van der Waals surface area contributed by atoms with Crippen molar-refractivity contribution in [2.24, 2.45) is 23.2 Å². The maximum atomic E-state index is 13.1. The molecule has 1 aliphatic carbocycles. The summed E-state index contributed by atoms with van der Waals surface area (Å²) in [7, 11) is -2.14. The molecule has 35 heavy (non-hydrogen) atoms. The summed E-state index contributed by atoms with van der Waals surface area (Å²) in [6, 6.07) is 6.44. The molecule has 3 fully saturated rings. The van der Waals surface area contributed by atoms with E-state index in [9.17, 15) is 28.1 Å². The number of benzene rings is 1. The van der Waals surface area contributed by atoms with E-state index < -0.39 is 26.8 Å². The molecule has 0 aromatic heterocycles. The van der Waals surface area contributed by atoms with Gasteiger partial charge >= 0.3 is 0 Å². The highest BCUT2D eigenvalue weighted by molar-refractivity contribution is 7.89. The topological polar surface area (TPSA) is 127 Å². The Kier molecular flexibility index (Phi) is 7.19. The summed E-state index contributed by atoms with van der Waals surface area (Å²) in [5.41, 5.74) is -0.136. The van der Waals surface area contributed by atoms with Crippen molar-refractivity contribution < 1.29 is 27.7 Å². The average molecular weight is 508 g/mol. The minimum absolute atomic E-state index is 0.0219. The monoisotopic (exact) mass is 507 g/mol. The molecule has 2 saturated heterocycles. The number of piperidine rings is 1. The first-order chi connectivity index (χ1) is 16.5. The van der Waals surface area contributed by atoms with Gasteiger partial charge in [0.05, 0.1) is 12.0 Å². The summed E-state index contributed by atoms with van der Waals surface area (Å²) in [5, 5.41) is 11.1. The van der Waals surface area contributed by atoms with E-state index in [0.29, 0.717) is 44.8 Å². The van der Waals surface area contributed by atoms with Gasteiger partial charge in [-0.25, -0.2) is 8.42 Å². The standard InChI is InChI=1S/C24H33N3O7S/c1-17-12-22(28)20(21(17)15-27(30)31)14-23(29)25-9-6-24(16-25)7-10-26(11-8-24)35(32,33)19-5-3-4-18(13-19)34-2/h3-5,13,17,20-21H,6-12,14-16H2,1-2H3. The molecular weight excluding hydrogens is 474 g/mol. The minimum atomic E-state index is -3.63. The molecule has 0 radical (unpaired) electrons. The fourth-order valence-corrected chi connectivity index (χ4v) is 7.46. The fourth-order valence-electron chi connectivity index (χ4n) is 5.98. The second-order valence-corrected chi connectivity index (χ2v) is 12.2. The van der Waals surface area contributed by atoms with Crippen LogP contribution < -0.4 is 4.74 Å². The van der Waals surface area contributed by atoms with Crippen molar-refractivity contribution in [1.82, 2.24) is 9.21 Å². The summed E-state index contributed by atoms with van der Waals surface area (Å²) in [5.74, 6) is -0.777. The van der Waals surface area contributed by atoms with Gasteiger partial charge in [0, 0.05) is 61.8 Å². The van der Waals surface area contributed by atoms with Crippen LogP contribution in [0.15, 0.2) is 29.2 Å². The van der Waals surface area contributed by atoms with Gasteiger partial charge in [-0.15, -0.1) is 0 Å². The molecule has 1 aromatic rings. The third-order valence-electron chi connectivity index (χ3n) is 8.19. The van der Waals surface area contributed by atoms with Gasteiger partial charge in [-0.3, -0.25) is 19.7 Å². The number of Topliss-reactive ketones (excluding diaryl/α,β-unsaturated/α-hetero) is 1. The summed E-state index contributed by atoms with van der Waals surface area (Å²) in [4.78, 5) is 38.2. The number of nitrogens with zero attached hydrogens (tertiary/aromatic N) is 3. The van der Waals surface area contributed by atoms with Crippen molar-refractivity contribution in [3.63, 3.8) is 0 Å². The van der Waals surface area contributed by atoms with E-state index in [2.05, 4.69) is 0 Å². The first kappa shape index (κ1) is 25.6. The van der Waals surface area contributed by atoms with Gasteiger partial charge in [0.2, 0.25) is 22.5 Å². The lowest BCUT2D eigenvalue weighted by Gasteiger charge is -2.38. The molecule has 1 amide bonds. The van der Waals surface area contributed by atoms with Crippen molar-refractivity contribution in [3.05, 3.63) is 34.4 Å². The molecule has 2 heterocycles. The van der Waals surface area contributed by atoms with Gasteiger partial charge in [-0.2, -0.15) is 4.31 Å². The van der Waals surface area contributed by atoms with E-state index in [0.717, 1.165) is 6.42 Å². The molecule has 3 unspecified atom stereocenters. The fraction of sp³-hybridized carbons (Fsp3) is 0.667. The Balaban J connectivity index is 1.36. The first-order valence-electron chi connectivity index (χ1n) is 12.1. The van der Waals surface area contributed by atoms with Crippen LogP contribution in [-0.4, -0.2) is 74.1 Å². The van der Waals surface area contributed by atoms with Gasteiger partial charge in [0.25, 0.3) is 0 Å². The molecule has 2 aliphatic heterocycles. The zero-order valence-corrected chi connectivity index (χ0v) is 21.0. The van der Waals surface area contributed by atoms with Crippen molar-refractivity contribution in [2.45, 2.75) is 43.9 Å². The van der Waals surface area contributed by atoms with Crippen LogP contribution in [0.2, 0.25) is 0 Å². The summed E-state index contributed by atoms with van der Waals surface area (Å²) in [6.07, 6.45) is 2.41. The number of methoxy groups -OCH3 is 1. The predicted octanol–water partition coefficient (Wildman–Crippen LogP) is 2.21. The van der Waals surface area contributed by atoms with E-state index in [1.165, 1.54) is 17.5 Å².